The van der Waals surface area contributed by atoms with Crippen LogP contribution in [0, 0.1) is 11.6 Å². The van der Waals surface area contributed by atoms with E-state index in [9.17, 15) is 13.6 Å². The van der Waals surface area contributed by atoms with Gasteiger partial charge in [-0.15, -0.1) is 0 Å². The Kier molecular flexibility index (Phi) is 3.75. The van der Waals surface area contributed by atoms with Crippen LogP contribution in [0.3, 0.4) is 0 Å². The molecular formula is C12H15F2NO. The first-order valence-electron chi connectivity index (χ1n) is 5.03. The van der Waals surface area contributed by atoms with Gasteiger partial charge in [0.25, 0.3) is 0 Å². The smallest absolute Gasteiger partial charge is 0.149 e. The minimum Gasteiger partial charge on any atom is -0.308 e. The number of carbonyl (C=O) groups excluding carboxylic acids is 1. The van der Waals surface area contributed by atoms with E-state index in [0.717, 1.165) is 0 Å². The summed E-state index contributed by atoms with van der Waals surface area (Å²) in [6, 6.07) is 3.68. The second-order valence-corrected chi connectivity index (χ2v) is 4.02. The van der Waals surface area contributed by atoms with Gasteiger partial charge in [0.15, 0.2) is 0 Å². The van der Waals surface area contributed by atoms with E-state index in [2.05, 4.69) is 5.32 Å². The number of ketones is 1. The van der Waals surface area contributed by atoms with Crippen LogP contribution in [0.5, 0.6) is 0 Å². The lowest BCUT2D eigenvalue weighted by molar-refractivity contribution is -0.122. The molecule has 0 bridgehead atoms. The monoisotopic (exact) mass is 227 g/mol. The highest BCUT2D eigenvalue weighted by molar-refractivity contribution is 5.86. The van der Waals surface area contributed by atoms with Gasteiger partial charge in [-0.3, -0.25) is 4.79 Å². The van der Waals surface area contributed by atoms with Crippen molar-refractivity contribution >= 4 is 5.78 Å². The number of likely N-dealkylation sites (N-methyl/N-ethyl adjacent to an activating group) is 1. The topological polar surface area (TPSA) is 29.1 Å². The molecule has 1 rings (SSSR count). The Hall–Kier alpha value is -1.29. The first kappa shape index (κ1) is 12.8. The lowest BCUT2D eigenvalue weighted by Crippen LogP contribution is -2.48. The van der Waals surface area contributed by atoms with E-state index in [-0.39, 0.29) is 17.8 Å². The molecule has 2 nitrogen and oxygen atoms in total. The van der Waals surface area contributed by atoms with Gasteiger partial charge in [-0.2, -0.15) is 0 Å². The van der Waals surface area contributed by atoms with Crippen molar-refractivity contribution in [1.82, 2.24) is 5.32 Å². The third-order valence-corrected chi connectivity index (χ3v) is 2.92. The van der Waals surface area contributed by atoms with E-state index in [1.807, 2.05) is 0 Å². The molecule has 1 aromatic rings. The van der Waals surface area contributed by atoms with Crippen molar-refractivity contribution in [1.29, 1.82) is 0 Å². The Morgan fingerprint density at radius 2 is 1.88 bits per heavy atom. The molecule has 1 atom stereocenters. The highest BCUT2D eigenvalue weighted by atomic mass is 19.1. The summed E-state index contributed by atoms with van der Waals surface area (Å²) in [5, 5.41) is 2.80. The minimum absolute atomic E-state index is 0.00264. The molecule has 0 amide bonds. The maximum absolute atomic E-state index is 13.4. The molecule has 0 heterocycles. The van der Waals surface area contributed by atoms with E-state index in [0.29, 0.717) is 0 Å². The van der Waals surface area contributed by atoms with Gasteiger partial charge in [-0.1, -0.05) is 6.07 Å². The highest BCUT2D eigenvalue weighted by Gasteiger charge is 2.30. The third-order valence-electron chi connectivity index (χ3n) is 2.92. The van der Waals surface area contributed by atoms with Crippen LogP contribution in [-0.4, -0.2) is 18.4 Å². The average Bonchev–Trinajstić information content (AvgIpc) is 2.23. The fraction of sp³-hybridized carbons (Fsp3) is 0.417. The van der Waals surface area contributed by atoms with Crippen molar-refractivity contribution in [3.8, 4) is 0 Å². The molecule has 0 saturated heterocycles. The van der Waals surface area contributed by atoms with Crippen LogP contribution in [0.1, 0.15) is 19.4 Å². The molecular weight excluding hydrogens is 212 g/mol. The summed E-state index contributed by atoms with van der Waals surface area (Å²) in [6.45, 7) is 3.02. The summed E-state index contributed by atoms with van der Waals surface area (Å²) < 4.78 is 26.8. The summed E-state index contributed by atoms with van der Waals surface area (Å²) in [5.74, 6) is -1.40. The van der Waals surface area contributed by atoms with Crippen LogP contribution in [0.2, 0.25) is 0 Å². The van der Waals surface area contributed by atoms with Gasteiger partial charge in [0, 0.05) is 12.0 Å². The normalized spacial score (nSPS) is 14.6. The Bertz CT molecular complexity index is 386. The van der Waals surface area contributed by atoms with Crippen molar-refractivity contribution in [2.24, 2.45) is 0 Å². The molecule has 1 aromatic carbocycles. The van der Waals surface area contributed by atoms with Gasteiger partial charge in [-0.05, 0) is 33.0 Å². The van der Waals surface area contributed by atoms with E-state index in [1.165, 1.54) is 25.1 Å². The number of Topliss-reactive ketones (excluding diaryl/α,β-unsaturated/α-hetero) is 1. The molecule has 0 aliphatic carbocycles. The van der Waals surface area contributed by atoms with E-state index < -0.39 is 17.2 Å². The number of carbonyl (C=O) groups is 1. The Labute approximate surface area is 93.7 Å². The second kappa shape index (κ2) is 4.70. The number of benzene rings is 1. The first-order valence-corrected chi connectivity index (χ1v) is 5.03. The number of halogens is 2. The summed E-state index contributed by atoms with van der Waals surface area (Å²) in [7, 11) is 1.60. The lowest BCUT2D eigenvalue weighted by Gasteiger charge is -2.26. The van der Waals surface area contributed by atoms with Gasteiger partial charge in [0.1, 0.15) is 17.4 Å². The average molecular weight is 227 g/mol. The van der Waals surface area contributed by atoms with Crippen LogP contribution in [0.25, 0.3) is 0 Å². The third kappa shape index (κ3) is 2.44. The fourth-order valence-electron chi connectivity index (χ4n) is 1.44. The van der Waals surface area contributed by atoms with Crippen molar-refractivity contribution in [2.75, 3.05) is 7.05 Å². The molecule has 0 aromatic heterocycles. The number of nitrogens with one attached hydrogen (secondary N) is 1. The highest BCUT2D eigenvalue weighted by Crippen LogP contribution is 2.19. The minimum atomic E-state index is -0.941. The number of rotatable bonds is 4. The molecule has 0 spiro atoms. The molecule has 4 heteroatoms. The molecule has 16 heavy (non-hydrogen) atoms. The number of hydrogen-bond acceptors (Lipinski definition) is 2. The van der Waals surface area contributed by atoms with Crippen LogP contribution in [-0.2, 0) is 11.2 Å². The van der Waals surface area contributed by atoms with Crippen molar-refractivity contribution in [2.45, 2.75) is 25.8 Å². The SMILES string of the molecule is CN[C@](C)(Cc1c(F)cccc1F)C(C)=O. The van der Waals surface area contributed by atoms with Gasteiger partial charge >= 0.3 is 0 Å². The molecule has 0 aliphatic heterocycles. The fourth-order valence-corrected chi connectivity index (χ4v) is 1.44. The van der Waals surface area contributed by atoms with Crippen molar-refractivity contribution < 1.29 is 13.6 Å². The van der Waals surface area contributed by atoms with Crippen LogP contribution >= 0.6 is 0 Å². The van der Waals surface area contributed by atoms with Crippen molar-refractivity contribution in [3.05, 3.63) is 35.4 Å². The van der Waals surface area contributed by atoms with E-state index in [4.69, 9.17) is 0 Å². The largest absolute Gasteiger partial charge is 0.308 e. The maximum Gasteiger partial charge on any atom is 0.149 e. The van der Waals surface area contributed by atoms with Gasteiger partial charge in [0.05, 0.1) is 5.54 Å². The standard InChI is InChI=1S/C12H15F2NO/c1-8(16)12(2,15-3)7-9-10(13)5-4-6-11(9)14/h4-6,15H,7H2,1-3H3/t12-/m1/s1. The van der Waals surface area contributed by atoms with E-state index in [1.54, 1.807) is 14.0 Å². The van der Waals surface area contributed by atoms with E-state index >= 15 is 0 Å². The molecule has 0 aliphatic rings. The molecule has 1 N–H and O–H groups in total. The number of hydrogen-bond donors (Lipinski definition) is 1. The van der Waals surface area contributed by atoms with Gasteiger partial charge in [-0.25, -0.2) is 8.78 Å². The Balaban J connectivity index is 3.08. The van der Waals surface area contributed by atoms with Crippen LogP contribution < -0.4 is 5.32 Å². The zero-order chi connectivity index (χ0) is 12.3. The lowest BCUT2D eigenvalue weighted by atomic mass is 9.89. The molecule has 0 saturated carbocycles. The summed E-state index contributed by atoms with van der Waals surface area (Å²) in [5.41, 5.74) is -1.00. The predicted octanol–water partition coefficient (Wildman–Crippen LogP) is 2.07. The van der Waals surface area contributed by atoms with Crippen LogP contribution in [0.15, 0.2) is 18.2 Å². The summed E-state index contributed by atoms with van der Waals surface area (Å²) >= 11 is 0. The predicted molar refractivity (Wildman–Crippen MR) is 58.2 cm³/mol. The molecule has 88 valence electrons. The second-order valence-electron chi connectivity index (χ2n) is 4.02. The summed E-state index contributed by atoms with van der Waals surface area (Å²) in [6.07, 6.45) is -0.00264. The van der Waals surface area contributed by atoms with Crippen molar-refractivity contribution in [3.63, 3.8) is 0 Å². The molecule has 0 radical (unpaired) electrons. The molecule has 0 fully saturated rings. The van der Waals surface area contributed by atoms with Crippen LogP contribution in [0.4, 0.5) is 8.78 Å². The Morgan fingerprint density at radius 1 is 1.38 bits per heavy atom. The van der Waals surface area contributed by atoms with Gasteiger partial charge < -0.3 is 5.32 Å². The zero-order valence-electron chi connectivity index (χ0n) is 9.60. The maximum atomic E-state index is 13.4. The Morgan fingerprint density at radius 3 is 2.25 bits per heavy atom. The molecule has 0 unspecified atom stereocenters. The quantitative estimate of drug-likeness (QED) is 0.853. The zero-order valence-corrected chi connectivity index (χ0v) is 9.60. The summed E-state index contributed by atoms with van der Waals surface area (Å²) in [4.78, 5) is 11.4. The first-order chi connectivity index (χ1) is 7.40. The van der Waals surface area contributed by atoms with Gasteiger partial charge in [0.2, 0.25) is 0 Å².